The quantitative estimate of drug-likeness (QED) is 0.298. The first-order chi connectivity index (χ1) is 4.63. The summed E-state index contributed by atoms with van der Waals surface area (Å²) in [5.41, 5.74) is 0. The summed E-state index contributed by atoms with van der Waals surface area (Å²) < 4.78 is 0. The molecule has 0 radical (unpaired) electrons. The molecule has 10 heavy (non-hydrogen) atoms. The number of aliphatic hydroxyl groups excluding tert-OH is 4. The van der Waals surface area contributed by atoms with Crippen LogP contribution in [-0.2, 0) is 0 Å². The second kappa shape index (κ2) is 2.67. The maximum atomic E-state index is 8.91. The summed E-state index contributed by atoms with van der Waals surface area (Å²) >= 11 is 0. The Morgan fingerprint density at radius 1 is 0.700 bits per heavy atom. The van der Waals surface area contributed by atoms with Gasteiger partial charge in [-0.2, -0.15) is 0 Å². The van der Waals surface area contributed by atoms with E-state index in [-0.39, 0.29) is 0 Å². The molecule has 1 rings (SSSR count). The Bertz CT molecular complexity index is 129. The largest absolute Gasteiger partial charge is 0.387 e. The van der Waals surface area contributed by atoms with Crippen molar-refractivity contribution in [1.82, 2.24) is 0 Å². The Morgan fingerprint density at radius 2 is 1.00 bits per heavy atom. The first-order valence-electron chi connectivity index (χ1n) is 3.03. The van der Waals surface area contributed by atoms with Crippen molar-refractivity contribution in [2.45, 2.75) is 24.4 Å². The third kappa shape index (κ3) is 1.19. The summed E-state index contributed by atoms with van der Waals surface area (Å²) in [5.74, 6) is 0. The second-order valence-corrected chi connectivity index (χ2v) is 2.35. The molecular weight excluding hydrogens is 136 g/mol. The fraction of sp³-hybridized carbons (Fsp3) is 0.667. The Balaban J connectivity index is 2.69. The van der Waals surface area contributed by atoms with Crippen LogP contribution in [0.2, 0.25) is 0 Å². The van der Waals surface area contributed by atoms with Crippen molar-refractivity contribution in [3.05, 3.63) is 12.2 Å². The van der Waals surface area contributed by atoms with Gasteiger partial charge in [0.15, 0.2) is 0 Å². The zero-order chi connectivity index (χ0) is 7.72. The van der Waals surface area contributed by atoms with Crippen molar-refractivity contribution in [3.8, 4) is 0 Å². The predicted octanol–water partition coefficient (Wildman–Crippen LogP) is -2.00. The molecule has 1 aliphatic rings. The molecule has 0 heterocycles. The Hall–Kier alpha value is -0.420. The van der Waals surface area contributed by atoms with E-state index in [4.69, 9.17) is 20.4 Å². The lowest BCUT2D eigenvalue weighted by molar-refractivity contribution is -0.0884. The molecule has 0 saturated carbocycles. The van der Waals surface area contributed by atoms with Gasteiger partial charge in [0, 0.05) is 0 Å². The molecule has 58 valence electrons. The summed E-state index contributed by atoms with van der Waals surface area (Å²) in [6, 6.07) is 0. The van der Waals surface area contributed by atoms with Crippen LogP contribution in [0.5, 0.6) is 0 Å². The van der Waals surface area contributed by atoms with Crippen molar-refractivity contribution in [1.29, 1.82) is 0 Å². The van der Waals surface area contributed by atoms with Crippen LogP contribution in [-0.4, -0.2) is 44.8 Å². The number of hydrogen-bond acceptors (Lipinski definition) is 4. The van der Waals surface area contributed by atoms with Gasteiger partial charge in [-0.25, -0.2) is 0 Å². The minimum atomic E-state index is -1.28. The number of hydrogen-bond donors (Lipinski definition) is 4. The minimum absolute atomic E-state index is 1.07. The molecule has 0 aliphatic heterocycles. The highest BCUT2D eigenvalue weighted by molar-refractivity contribution is 5.07. The van der Waals surface area contributed by atoms with Crippen molar-refractivity contribution in [2.75, 3.05) is 0 Å². The molecule has 0 aromatic carbocycles. The van der Waals surface area contributed by atoms with E-state index in [1.54, 1.807) is 0 Å². The van der Waals surface area contributed by atoms with Gasteiger partial charge in [-0.05, 0) is 0 Å². The summed E-state index contributed by atoms with van der Waals surface area (Å²) in [5, 5.41) is 35.5. The second-order valence-electron chi connectivity index (χ2n) is 2.35. The van der Waals surface area contributed by atoms with Crippen LogP contribution in [0.4, 0.5) is 0 Å². The van der Waals surface area contributed by atoms with Gasteiger partial charge in [0.2, 0.25) is 0 Å². The van der Waals surface area contributed by atoms with Crippen molar-refractivity contribution < 1.29 is 20.4 Å². The minimum Gasteiger partial charge on any atom is -0.387 e. The molecule has 0 spiro atoms. The highest BCUT2D eigenvalue weighted by atomic mass is 16.4. The van der Waals surface area contributed by atoms with E-state index in [0.717, 1.165) is 0 Å². The van der Waals surface area contributed by atoms with Crippen LogP contribution in [0.15, 0.2) is 12.2 Å². The third-order valence-electron chi connectivity index (χ3n) is 1.56. The molecule has 4 atom stereocenters. The van der Waals surface area contributed by atoms with Crippen LogP contribution >= 0.6 is 0 Å². The normalized spacial score (nSPS) is 47.6. The predicted molar refractivity (Wildman–Crippen MR) is 33.2 cm³/mol. The molecule has 0 aromatic heterocycles. The zero-order valence-corrected chi connectivity index (χ0v) is 5.25. The molecule has 4 nitrogen and oxygen atoms in total. The van der Waals surface area contributed by atoms with E-state index < -0.39 is 24.4 Å². The van der Waals surface area contributed by atoms with Crippen molar-refractivity contribution >= 4 is 0 Å². The molecule has 0 saturated heterocycles. The first kappa shape index (κ1) is 7.68. The fourth-order valence-electron chi connectivity index (χ4n) is 0.859. The molecule has 0 aromatic rings. The average molecular weight is 146 g/mol. The molecular formula is C6H10O4. The fourth-order valence-corrected chi connectivity index (χ4v) is 0.859. The summed E-state index contributed by atoms with van der Waals surface area (Å²) in [6.07, 6.45) is -2.19. The standard InChI is InChI=1S/C6H10O4/c7-3-1-2-4(8)6(10)5(3)9/h1-10H/t3-,4-,5-,6+/m0/s1. The molecule has 0 unspecified atom stereocenters. The molecule has 4 heteroatoms. The Labute approximate surface area is 58.0 Å². The number of rotatable bonds is 0. The zero-order valence-electron chi connectivity index (χ0n) is 5.25. The lowest BCUT2D eigenvalue weighted by Crippen LogP contribution is -2.46. The van der Waals surface area contributed by atoms with Crippen LogP contribution in [0.1, 0.15) is 0 Å². The van der Waals surface area contributed by atoms with Crippen LogP contribution in [0.25, 0.3) is 0 Å². The van der Waals surface area contributed by atoms with Crippen LogP contribution in [0, 0.1) is 0 Å². The van der Waals surface area contributed by atoms with Gasteiger partial charge >= 0.3 is 0 Å². The highest BCUT2D eigenvalue weighted by Crippen LogP contribution is 2.12. The van der Waals surface area contributed by atoms with Gasteiger partial charge in [-0.1, -0.05) is 12.2 Å². The molecule has 0 fully saturated rings. The van der Waals surface area contributed by atoms with E-state index in [1.165, 1.54) is 12.2 Å². The maximum Gasteiger partial charge on any atom is 0.112 e. The Morgan fingerprint density at radius 3 is 1.30 bits per heavy atom. The summed E-state index contributed by atoms with van der Waals surface area (Å²) in [6.45, 7) is 0. The van der Waals surface area contributed by atoms with E-state index in [9.17, 15) is 0 Å². The van der Waals surface area contributed by atoms with Gasteiger partial charge < -0.3 is 20.4 Å². The van der Waals surface area contributed by atoms with Gasteiger partial charge in [0.25, 0.3) is 0 Å². The van der Waals surface area contributed by atoms with E-state index in [2.05, 4.69) is 0 Å². The lowest BCUT2D eigenvalue weighted by atomic mass is 9.97. The van der Waals surface area contributed by atoms with E-state index >= 15 is 0 Å². The molecule has 1 aliphatic carbocycles. The monoisotopic (exact) mass is 146 g/mol. The average Bonchev–Trinajstić information content (AvgIpc) is 1.93. The van der Waals surface area contributed by atoms with E-state index in [1.807, 2.05) is 0 Å². The molecule has 4 N–H and O–H groups in total. The van der Waals surface area contributed by atoms with Gasteiger partial charge in [0.1, 0.15) is 24.4 Å². The topological polar surface area (TPSA) is 80.9 Å². The number of aliphatic hydroxyl groups is 4. The highest BCUT2D eigenvalue weighted by Gasteiger charge is 2.31. The van der Waals surface area contributed by atoms with Crippen molar-refractivity contribution in [3.63, 3.8) is 0 Å². The molecule has 0 amide bonds. The maximum absolute atomic E-state index is 8.91. The SMILES string of the molecule is O[C@@H]1[C@H](O)[C@@H](O)C=C[C@@H]1O. The molecule has 0 bridgehead atoms. The summed E-state index contributed by atoms with van der Waals surface area (Å²) in [7, 11) is 0. The van der Waals surface area contributed by atoms with Crippen LogP contribution in [0.3, 0.4) is 0 Å². The van der Waals surface area contributed by atoms with Crippen molar-refractivity contribution in [2.24, 2.45) is 0 Å². The van der Waals surface area contributed by atoms with Gasteiger partial charge in [0.05, 0.1) is 0 Å². The smallest absolute Gasteiger partial charge is 0.112 e. The summed E-state index contributed by atoms with van der Waals surface area (Å²) in [4.78, 5) is 0. The van der Waals surface area contributed by atoms with E-state index in [0.29, 0.717) is 0 Å². The third-order valence-corrected chi connectivity index (χ3v) is 1.56. The van der Waals surface area contributed by atoms with Crippen LogP contribution < -0.4 is 0 Å². The van der Waals surface area contributed by atoms with Gasteiger partial charge in [-0.15, -0.1) is 0 Å². The first-order valence-corrected chi connectivity index (χ1v) is 3.03. The lowest BCUT2D eigenvalue weighted by Gasteiger charge is -2.27. The van der Waals surface area contributed by atoms with Gasteiger partial charge in [-0.3, -0.25) is 0 Å². The Kier molecular flexibility index (Phi) is 2.05.